The van der Waals surface area contributed by atoms with Gasteiger partial charge in [-0.3, -0.25) is 4.79 Å². The molecular formula is C21H22IN3O3S. The number of carbonyl (C=O) groups is 2. The Morgan fingerprint density at radius 3 is 2.62 bits per heavy atom. The molecule has 0 aliphatic heterocycles. The van der Waals surface area contributed by atoms with E-state index in [4.69, 9.17) is 4.74 Å². The summed E-state index contributed by atoms with van der Waals surface area (Å²) in [6.45, 7) is 7.92. The van der Waals surface area contributed by atoms with E-state index in [2.05, 4.69) is 33.0 Å². The van der Waals surface area contributed by atoms with Crippen molar-refractivity contribution in [2.75, 3.05) is 6.54 Å². The SMILES string of the molecule is CCNC(=O)c1ccccc1Sc1ccc2c(I)nn(C(=O)OC(C)(C)C)c2c1. The van der Waals surface area contributed by atoms with E-state index >= 15 is 0 Å². The molecule has 29 heavy (non-hydrogen) atoms. The molecule has 8 heteroatoms. The van der Waals surface area contributed by atoms with Crippen molar-refractivity contribution < 1.29 is 14.3 Å². The summed E-state index contributed by atoms with van der Waals surface area (Å²) in [5.41, 5.74) is 0.678. The lowest BCUT2D eigenvalue weighted by atomic mass is 10.2. The van der Waals surface area contributed by atoms with E-state index in [-0.39, 0.29) is 5.91 Å². The number of carbonyl (C=O) groups excluding carboxylic acids is 2. The molecule has 1 amide bonds. The molecule has 0 saturated heterocycles. The van der Waals surface area contributed by atoms with Gasteiger partial charge >= 0.3 is 6.09 Å². The topological polar surface area (TPSA) is 73.2 Å². The molecule has 3 rings (SSSR count). The number of rotatable bonds is 4. The summed E-state index contributed by atoms with van der Waals surface area (Å²) in [5.74, 6) is -0.106. The van der Waals surface area contributed by atoms with Crippen molar-refractivity contribution in [2.45, 2.75) is 43.1 Å². The fourth-order valence-electron chi connectivity index (χ4n) is 2.69. The van der Waals surface area contributed by atoms with E-state index < -0.39 is 11.7 Å². The lowest BCUT2D eigenvalue weighted by Crippen LogP contribution is -2.27. The predicted octanol–water partition coefficient (Wildman–Crippen LogP) is 5.33. The summed E-state index contributed by atoms with van der Waals surface area (Å²) >= 11 is 3.58. The third-order valence-corrected chi connectivity index (χ3v) is 5.73. The lowest BCUT2D eigenvalue weighted by molar-refractivity contribution is 0.0522. The molecule has 0 bridgehead atoms. The van der Waals surface area contributed by atoms with Crippen LogP contribution in [-0.2, 0) is 4.74 Å². The Hall–Kier alpha value is -2.07. The first kappa shape index (κ1) is 21.6. The molecule has 152 valence electrons. The molecule has 0 radical (unpaired) electrons. The normalized spacial score (nSPS) is 11.5. The van der Waals surface area contributed by atoms with Crippen molar-refractivity contribution in [1.82, 2.24) is 15.1 Å². The summed E-state index contributed by atoms with van der Waals surface area (Å²) < 4.78 is 7.50. The highest BCUT2D eigenvalue weighted by Gasteiger charge is 2.22. The predicted molar refractivity (Wildman–Crippen MR) is 123 cm³/mol. The molecule has 0 atom stereocenters. The van der Waals surface area contributed by atoms with Gasteiger partial charge in [0, 0.05) is 21.7 Å². The summed E-state index contributed by atoms with van der Waals surface area (Å²) in [6.07, 6.45) is -0.518. The van der Waals surface area contributed by atoms with Crippen LogP contribution in [0.5, 0.6) is 0 Å². The molecule has 3 aromatic rings. The van der Waals surface area contributed by atoms with Gasteiger partial charge in [0.25, 0.3) is 5.91 Å². The quantitative estimate of drug-likeness (QED) is 0.469. The van der Waals surface area contributed by atoms with Gasteiger partial charge in [-0.15, -0.1) is 0 Å². The van der Waals surface area contributed by atoms with Gasteiger partial charge in [0.1, 0.15) is 9.30 Å². The van der Waals surface area contributed by atoms with Gasteiger partial charge in [-0.1, -0.05) is 23.9 Å². The second-order valence-corrected chi connectivity index (χ2v) is 9.46. The van der Waals surface area contributed by atoms with Crippen molar-refractivity contribution in [3.05, 3.63) is 51.7 Å². The van der Waals surface area contributed by atoms with Crippen LogP contribution in [0.3, 0.4) is 0 Å². The average molecular weight is 523 g/mol. The van der Waals surface area contributed by atoms with Crippen molar-refractivity contribution in [2.24, 2.45) is 0 Å². The number of halogens is 1. The van der Waals surface area contributed by atoms with Crippen LogP contribution in [0.1, 0.15) is 38.1 Å². The van der Waals surface area contributed by atoms with Gasteiger partial charge in [0.05, 0.1) is 11.1 Å². The monoisotopic (exact) mass is 523 g/mol. The fraction of sp³-hybridized carbons (Fsp3) is 0.286. The zero-order valence-corrected chi connectivity index (χ0v) is 19.6. The standard InChI is InChI=1S/C21H22IN3O3S/c1-5-23-19(26)15-8-6-7-9-17(15)29-13-10-11-14-16(12-13)25(24-18(14)22)20(27)28-21(2,3)4/h6-12H,5H2,1-4H3,(H,23,26). The van der Waals surface area contributed by atoms with Crippen LogP contribution in [0, 0.1) is 3.70 Å². The minimum Gasteiger partial charge on any atom is -0.442 e. The van der Waals surface area contributed by atoms with Gasteiger partial charge in [0.2, 0.25) is 0 Å². The Morgan fingerprint density at radius 2 is 1.93 bits per heavy atom. The van der Waals surface area contributed by atoms with Gasteiger partial charge in [-0.25, -0.2) is 4.79 Å². The number of ether oxygens (including phenoxy) is 1. The Bertz CT molecular complexity index is 1070. The highest BCUT2D eigenvalue weighted by Crippen LogP contribution is 2.33. The number of nitrogens with one attached hydrogen (secondary N) is 1. The maximum Gasteiger partial charge on any atom is 0.435 e. The molecule has 0 unspecified atom stereocenters. The first-order valence-corrected chi connectivity index (χ1v) is 11.1. The highest BCUT2D eigenvalue weighted by molar-refractivity contribution is 14.1. The van der Waals surface area contributed by atoms with Crippen LogP contribution in [0.15, 0.2) is 52.3 Å². The van der Waals surface area contributed by atoms with E-state index in [1.54, 1.807) is 6.07 Å². The Morgan fingerprint density at radius 1 is 1.21 bits per heavy atom. The van der Waals surface area contributed by atoms with Crippen LogP contribution >= 0.6 is 34.4 Å². The zero-order chi connectivity index (χ0) is 21.2. The minimum absolute atomic E-state index is 0.106. The molecule has 2 aromatic carbocycles. The number of benzene rings is 2. The van der Waals surface area contributed by atoms with E-state index in [9.17, 15) is 9.59 Å². The molecular weight excluding hydrogens is 501 g/mol. The van der Waals surface area contributed by atoms with E-state index in [0.29, 0.717) is 17.6 Å². The number of aromatic nitrogens is 2. The second kappa shape index (κ2) is 8.74. The largest absolute Gasteiger partial charge is 0.442 e. The zero-order valence-electron chi connectivity index (χ0n) is 16.7. The molecule has 0 aliphatic rings. The van der Waals surface area contributed by atoms with Crippen LogP contribution in [0.4, 0.5) is 4.79 Å². The van der Waals surface area contributed by atoms with Gasteiger partial charge < -0.3 is 10.1 Å². The second-order valence-electron chi connectivity index (χ2n) is 7.32. The van der Waals surface area contributed by atoms with Crippen LogP contribution in [0.2, 0.25) is 0 Å². The third-order valence-electron chi connectivity index (χ3n) is 3.87. The van der Waals surface area contributed by atoms with Gasteiger partial charge in [-0.2, -0.15) is 9.78 Å². The molecule has 0 aliphatic carbocycles. The van der Waals surface area contributed by atoms with Crippen molar-refractivity contribution in [1.29, 1.82) is 0 Å². The van der Waals surface area contributed by atoms with E-state index in [0.717, 1.165) is 18.9 Å². The fourth-order valence-corrected chi connectivity index (χ4v) is 4.34. The number of hydrogen-bond donors (Lipinski definition) is 1. The van der Waals surface area contributed by atoms with Gasteiger partial charge in [-0.05, 0) is 80.6 Å². The summed E-state index contributed by atoms with van der Waals surface area (Å²) in [7, 11) is 0. The van der Waals surface area contributed by atoms with Crippen LogP contribution in [0.25, 0.3) is 10.9 Å². The maximum absolute atomic E-state index is 12.6. The van der Waals surface area contributed by atoms with E-state index in [1.165, 1.54) is 16.4 Å². The third kappa shape index (κ3) is 5.11. The molecule has 1 heterocycles. The molecule has 0 fully saturated rings. The van der Waals surface area contributed by atoms with Crippen LogP contribution < -0.4 is 5.32 Å². The number of nitrogens with zero attached hydrogens (tertiary/aromatic N) is 2. The van der Waals surface area contributed by atoms with E-state index in [1.807, 2.05) is 64.1 Å². The first-order chi connectivity index (χ1) is 13.7. The molecule has 1 aromatic heterocycles. The molecule has 1 N–H and O–H groups in total. The Kier molecular flexibility index (Phi) is 6.52. The first-order valence-electron chi connectivity index (χ1n) is 9.16. The number of amides is 1. The average Bonchev–Trinajstić information content (AvgIpc) is 2.97. The minimum atomic E-state index is -0.612. The Labute approximate surface area is 187 Å². The van der Waals surface area contributed by atoms with Crippen molar-refractivity contribution in [3.63, 3.8) is 0 Å². The van der Waals surface area contributed by atoms with Gasteiger partial charge in [0.15, 0.2) is 0 Å². The summed E-state index contributed by atoms with van der Waals surface area (Å²) in [5, 5.41) is 8.06. The Balaban J connectivity index is 1.98. The molecule has 0 saturated carbocycles. The van der Waals surface area contributed by atoms with Crippen molar-refractivity contribution in [3.8, 4) is 0 Å². The van der Waals surface area contributed by atoms with Crippen molar-refractivity contribution >= 4 is 57.3 Å². The lowest BCUT2D eigenvalue weighted by Gasteiger charge is -2.19. The summed E-state index contributed by atoms with van der Waals surface area (Å²) in [4.78, 5) is 26.7. The number of hydrogen-bond acceptors (Lipinski definition) is 5. The maximum atomic E-state index is 12.6. The molecule has 0 spiro atoms. The summed E-state index contributed by atoms with van der Waals surface area (Å²) in [6, 6.07) is 13.3. The number of fused-ring (bicyclic) bond motifs is 1. The smallest absolute Gasteiger partial charge is 0.435 e. The van der Waals surface area contributed by atoms with Crippen LogP contribution in [-0.4, -0.2) is 33.9 Å². The highest BCUT2D eigenvalue weighted by atomic mass is 127. The molecule has 6 nitrogen and oxygen atoms in total.